The maximum Gasteiger partial charge on any atom is 0.250 e. The van der Waals surface area contributed by atoms with Gasteiger partial charge in [-0.2, -0.15) is 0 Å². The van der Waals surface area contributed by atoms with Gasteiger partial charge in [-0.05, 0) is 43.5 Å². The topological polar surface area (TPSA) is 58.2 Å². The summed E-state index contributed by atoms with van der Waals surface area (Å²) in [5.74, 6) is 0. The summed E-state index contributed by atoms with van der Waals surface area (Å²) in [6.07, 6.45) is 1.81. The summed E-state index contributed by atoms with van der Waals surface area (Å²) < 4.78 is 27.6. The molecule has 20 heavy (non-hydrogen) atoms. The van der Waals surface area contributed by atoms with Crippen molar-refractivity contribution in [2.45, 2.75) is 44.7 Å². The fraction of sp³-hybridized carbons (Fsp3) is 0.714. The molecule has 0 saturated heterocycles. The zero-order chi connectivity index (χ0) is 15.2. The maximum atomic E-state index is 12.2. The zero-order valence-electron chi connectivity index (χ0n) is 12.8. The Labute approximate surface area is 127 Å². The van der Waals surface area contributed by atoms with E-state index < -0.39 is 10.0 Å². The lowest BCUT2D eigenvalue weighted by atomic mass is 9.91. The molecule has 6 heteroatoms. The van der Waals surface area contributed by atoms with Crippen LogP contribution in [0, 0.1) is 5.41 Å². The molecular weight excluding hydrogens is 292 g/mol. The van der Waals surface area contributed by atoms with Crippen molar-refractivity contribution in [3.05, 3.63) is 17.0 Å². The minimum atomic E-state index is -3.37. The van der Waals surface area contributed by atoms with Gasteiger partial charge in [0.05, 0.1) is 0 Å². The number of hydrogen-bond acceptors (Lipinski definition) is 4. The van der Waals surface area contributed by atoms with E-state index in [9.17, 15) is 8.42 Å². The summed E-state index contributed by atoms with van der Waals surface area (Å²) in [5, 5.41) is 3.24. The van der Waals surface area contributed by atoms with Crippen LogP contribution in [0.3, 0.4) is 0 Å². The molecular formula is C14H26N2O2S2. The molecule has 0 aromatic carbocycles. The predicted octanol–water partition coefficient (Wildman–Crippen LogP) is 2.61. The lowest BCUT2D eigenvalue weighted by Gasteiger charge is -2.22. The van der Waals surface area contributed by atoms with Crippen LogP contribution in [0.5, 0.6) is 0 Å². The number of thiophene rings is 1. The summed E-state index contributed by atoms with van der Waals surface area (Å²) in [6, 6.07) is 3.61. The van der Waals surface area contributed by atoms with E-state index >= 15 is 0 Å². The summed E-state index contributed by atoms with van der Waals surface area (Å²) >= 11 is 1.36. The maximum absolute atomic E-state index is 12.2. The lowest BCUT2D eigenvalue weighted by molar-refractivity contribution is 0.350. The highest BCUT2D eigenvalue weighted by Gasteiger charge is 2.22. The summed E-state index contributed by atoms with van der Waals surface area (Å²) in [6.45, 7) is 10.5. The Morgan fingerprint density at radius 2 is 1.95 bits per heavy atom. The first-order valence-corrected chi connectivity index (χ1v) is 9.40. The monoisotopic (exact) mass is 318 g/mol. The third kappa shape index (κ3) is 5.52. The van der Waals surface area contributed by atoms with E-state index in [0.29, 0.717) is 10.8 Å². The zero-order valence-corrected chi connectivity index (χ0v) is 14.5. The Morgan fingerprint density at radius 3 is 2.55 bits per heavy atom. The molecule has 0 aliphatic heterocycles. The average Bonchev–Trinajstić information content (AvgIpc) is 2.87. The molecule has 0 bridgehead atoms. The largest absolute Gasteiger partial charge is 0.317 e. The van der Waals surface area contributed by atoms with E-state index in [-0.39, 0.29) is 5.41 Å². The fourth-order valence-electron chi connectivity index (χ4n) is 1.51. The highest BCUT2D eigenvalue weighted by molar-refractivity contribution is 7.91. The average molecular weight is 319 g/mol. The molecule has 1 aromatic rings. The van der Waals surface area contributed by atoms with Crippen LogP contribution in [0.2, 0.25) is 0 Å². The van der Waals surface area contributed by atoms with Crippen LogP contribution in [-0.2, 0) is 16.4 Å². The Morgan fingerprint density at radius 1 is 1.25 bits per heavy atom. The fourth-order valence-corrected chi connectivity index (χ4v) is 4.15. The van der Waals surface area contributed by atoms with Crippen molar-refractivity contribution in [2.75, 3.05) is 19.6 Å². The molecule has 0 radical (unpaired) electrons. The number of rotatable bonds is 9. The number of likely N-dealkylation sites (N-methyl/N-ethyl adjacent to an activating group) is 1. The van der Waals surface area contributed by atoms with Crippen molar-refractivity contribution in [3.63, 3.8) is 0 Å². The first kappa shape index (κ1) is 17.6. The van der Waals surface area contributed by atoms with Gasteiger partial charge in [0, 0.05) is 11.4 Å². The van der Waals surface area contributed by atoms with Gasteiger partial charge >= 0.3 is 0 Å². The van der Waals surface area contributed by atoms with Gasteiger partial charge in [0.2, 0.25) is 10.0 Å². The summed E-state index contributed by atoms with van der Waals surface area (Å²) in [4.78, 5) is 1.10. The molecule has 0 spiro atoms. The quantitative estimate of drug-likeness (QED) is 0.688. The highest BCUT2D eigenvalue weighted by atomic mass is 32.2. The van der Waals surface area contributed by atoms with Gasteiger partial charge in [-0.25, -0.2) is 13.1 Å². The van der Waals surface area contributed by atoms with Crippen LogP contribution in [-0.4, -0.2) is 28.1 Å². The van der Waals surface area contributed by atoms with Gasteiger partial charge in [-0.1, -0.05) is 27.7 Å². The normalized spacial score (nSPS) is 12.8. The summed E-state index contributed by atoms with van der Waals surface area (Å²) in [5.41, 5.74) is -0.0157. The molecule has 0 unspecified atom stereocenters. The van der Waals surface area contributed by atoms with Gasteiger partial charge in [0.1, 0.15) is 4.21 Å². The second-order valence-corrected chi connectivity index (χ2v) is 8.83. The van der Waals surface area contributed by atoms with Gasteiger partial charge in [-0.3, -0.25) is 0 Å². The molecule has 0 saturated carbocycles. The molecule has 1 rings (SSSR count). The lowest BCUT2D eigenvalue weighted by Crippen LogP contribution is -2.33. The smallest absolute Gasteiger partial charge is 0.250 e. The SMILES string of the molecule is CCNCCc1ccc(S(=O)(=O)NCC(C)(C)CC)s1. The molecule has 1 aromatic heterocycles. The molecule has 1 heterocycles. The van der Waals surface area contributed by atoms with E-state index in [0.717, 1.165) is 30.8 Å². The van der Waals surface area contributed by atoms with Crippen molar-refractivity contribution < 1.29 is 8.42 Å². The molecule has 4 nitrogen and oxygen atoms in total. The van der Waals surface area contributed by atoms with Crippen LogP contribution in [0.25, 0.3) is 0 Å². The number of nitrogens with one attached hydrogen (secondary N) is 2. The summed E-state index contributed by atoms with van der Waals surface area (Å²) in [7, 11) is -3.37. The minimum absolute atomic E-state index is 0.0157. The molecule has 0 amide bonds. The van der Waals surface area contributed by atoms with Crippen molar-refractivity contribution in [2.24, 2.45) is 5.41 Å². The van der Waals surface area contributed by atoms with Crippen molar-refractivity contribution in [1.82, 2.24) is 10.0 Å². The molecule has 0 fully saturated rings. The molecule has 0 aliphatic carbocycles. The van der Waals surface area contributed by atoms with Crippen LogP contribution < -0.4 is 10.0 Å². The van der Waals surface area contributed by atoms with E-state index in [1.165, 1.54) is 11.3 Å². The third-order valence-electron chi connectivity index (χ3n) is 3.40. The minimum Gasteiger partial charge on any atom is -0.317 e. The van der Waals surface area contributed by atoms with Gasteiger partial charge in [0.15, 0.2) is 0 Å². The standard InChI is InChI=1S/C14H26N2O2S2/c1-5-14(3,4)11-16-20(17,18)13-8-7-12(19-13)9-10-15-6-2/h7-8,15-16H,5-6,9-11H2,1-4H3. The molecule has 116 valence electrons. The van der Waals surface area contributed by atoms with Gasteiger partial charge in [-0.15, -0.1) is 11.3 Å². The van der Waals surface area contributed by atoms with Crippen molar-refractivity contribution in [3.8, 4) is 0 Å². The van der Waals surface area contributed by atoms with Crippen molar-refractivity contribution >= 4 is 21.4 Å². The second kappa shape index (κ2) is 7.54. The predicted molar refractivity (Wildman–Crippen MR) is 85.8 cm³/mol. The first-order valence-electron chi connectivity index (χ1n) is 7.10. The van der Waals surface area contributed by atoms with E-state index in [1.54, 1.807) is 6.07 Å². The molecule has 0 atom stereocenters. The Balaban J connectivity index is 2.64. The van der Waals surface area contributed by atoms with Crippen LogP contribution >= 0.6 is 11.3 Å². The Bertz CT molecular complexity index is 507. The Kier molecular flexibility index (Phi) is 6.64. The van der Waals surface area contributed by atoms with E-state index in [1.807, 2.05) is 6.07 Å². The van der Waals surface area contributed by atoms with Crippen LogP contribution in [0.15, 0.2) is 16.3 Å². The van der Waals surface area contributed by atoms with E-state index in [2.05, 4.69) is 37.7 Å². The molecule has 0 aliphatic rings. The number of sulfonamides is 1. The van der Waals surface area contributed by atoms with Crippen LogP contribution in [0.1, 0.15) is 39.0 Å². The van der Waals surface area contributed by atoms with Gasteiger partial charge in [0.25, 0.3) is 0 Å². The molecule has 2 N–H and O–H groups in total. The van der Waals surface area contributed by atoms with Crippen LogP contribution in [0.4, 0.5) is 0 Å². The van der Waals surface area contributed by atoms with Crippen molar-refractivity contribution in [1.29, 1.82) is 0 Å². The number of hydrogen-bond donors (Lipinski definition) is 2. The van der Waals surface area contributed by atoms with E-state index in [4.69, 9.17) is 0 Å². The van der Waals surface area contributed by atoms with Gasteiger partial charge < -0.3 is 5.32 Å². The third-order valence-corrected chi connectivity index (χ3v) is 6.44. The first-order chi connectivity index (χ1) is 9.30. The second-order valence-electron chi connectivity index (χ2n) is 5.67. The Hall–Kier alpha value is -0.430. The highest BCUT2D eigenvalue weighted by Crippen LogP contribution is 2.23.